The van der Waals surface area contributed by atoms with Crippen LogP contribution in [0.25, 0.3) is 0 Å². The number of likely N-dealkylation sites (N-methyl/N-ethyl adjacent to an activating group) is 1. The maximum Gasteiger partial charge on any atom is 0.0850 e. The molecule has 21 heavy (non-hydrogen) atoms. The summed E-state index contributed by atoms with van der Waals surface area (Å²) in [5, 5.41) is 8.83. The maximum atomic E-state index is 6.52. The van der Waals surface area contributed by atoms with Crippen LogP contribution in [0.2, 0.25) is 5.02 Å². The van der Waals surface area contributed by atoms with Gasteiger partial charge in [-0.2, -0.15) is 5.10 Å². The fourth-order valence-corrected chi connectivity index (χ4v) is 3.09. The molecule has 4 nitrogen and oxygen atoms in total. The molecule has 0 saturated heterocycles. The van der Waals surface area contributed by atoms with Crippen LogP contribution in [0.3, 0.4) is 0 Å². The number of nitrogens with zero attached hydrogens (tertiary/aromatic N) is 2. The zero-order valence-corrected chi connectivity index (χ0v) is 14.8. The second-order valence-electron chi connectivity index (χ2n) is 5.26. The average Bonchev–Trinajstić information content (AvgIpc) is 2.80. The second-order valence-corrected chi connectivity index (χ2v) is 5.64. The molecule has 1 heterocycles. The van der Waals surface area contributed by atoms with Crippen LogP contribution < -0.4 is 5.32 Å². The Morgan fingerprint density at radius 1 is 1.29 bits per heavy atom. The van der Waals surface area contributed by atoms with E-state index in [1.807, 2.05) is 18.7 Å². The molecule has 0 aliphatic heterocycles. The van der Waals surface area contributed by atoms with Gasteiger partial charge in [-0.25, -0.2) is 0 Å². The molecule has 5 heteroatoms. The molecule has 0 aromatic carbocycles. The molecule has 0 aliphatic rings. The normalized spacial score (nSPS) is 14.4. The Bertz CT molecular complexity index is 414. The van der Waals surface area contributed by atoms with E-state index in [2.05, 4.69) is 31.2 Å². The molecular weight excluding hydrogens is 286 g/mol. The second kappa shape index (κ2) is 9.44. The van der Waals surface area contributed by atoms with E-state index >= 15 is 0 Å². The van der Waals surface area contributed by atoms with Crippen LogP contribution in [-0.4, -0.2) is 35.6 Å². The van der Waals surface area contributed by atoms with Gasteiger partial charge >= 0.3 is 0 Å². The van der Waals surface area contributed by atoms with Crippen LogP contribution in [0.15, 0.2) is 0 Å². The van der Waals surface area contributed by atoms with Crippen molar-refractivity contribution in [2.75, 3.05) is 13.7 Å². The van der Waals surface area contributed by atoms with E-state index in [4.69, 9.17) is 16.3 Å². The molecule has 0 saturated carbocycles. The predicted molar refractivity (Wildman–Crippen MR) is 89.2 cm³/mol. The Hall–Kier alpha value is -0.580. The van der Waals surface area contributed by atoms with Crippen molar-refractivity contribution < 1.29 is 4.74 Å². The van der Waals surface area contributed by atoms with Gasteiger partial charge in [-0.3, -0.25) is 4.68 Å². The lowest BCUT2D eigenvalue weighted by Gasteiger charge is -2.27. The number of ether oxygens (including phenoxy) is 1. The third-order valence-corrected chi connectivity index (χ3v) is 4.32. The van der Waals surface area contributed by atoms with E-state index in [9.17, 15) is 0 Å². The highest BCUT2D eigenvalue weighted by atomic mass is 35.5. The van der Waals surface area contributed by atoms with Crippen molar-refractivity contribution in [1.82, 2.24) is 15.1 Å². The number of aryl methyl sites for hydroxylation is 2. The topological polar surface area (TPSA) is 39.1 Å². The van der Waals surface area contributed by atoms with Gasteiger partial charge in [-0.15, -0.1) is 0 Å². The molecule has 1 rings (SSSR count). The molecule has 0 radical (unpaired) electrons. The van der Waals surface area contributed by atoms with Crippen molar-refractivity contribution >= 4 is 11.6 Å². The standard InChI is InChI=1S/C16H30ClN3O/c1-6-10-15(21-9-4)13(18-5)11-14-16(17)12(7-2)19-20(14)8-3/h13,15,18H,6-11H2,1-5H3. The number of hydrogen-bond acceptors (Lipinski definition) is 3. The highest BCUT2D eigenvalue weighted by molar-refractivity contribution is 6.31. The zero-order valence-electron chi connectivity index (χ0n) is 14.1. The quantitative estimate of drug-likeness (QED) is 0.718. The van der Waals surface area contributed by atoms with E-state index in [0.717, 1.165) is 55.2 Å². The van der Waals surface area contributed by atoms with Gasteiger partial charge in [0.05, 0.1) is 22.5 Å². The lowest BCUT2D eigenvalue weighted by molar-refractivity contribution is 0.0296. The minimum atomic E-state index is 0.214. The Balaban J connectivity index is 2.96. The van der Waals surface area contributed by atoms with Crippen molar-refractivity contribution in [3.63, 3.8) is 0 Å². The molecule has 0 fully saturated rings. The fourth-order valence-electron chi connectivity index (χ4n) is 2.74. The van der Waals surface area contributed by atoms with Gasteiger partial charge in [-0.05, 0) is 33.7 Å². The SMILES string of the molecule is CCCC(OCC)C(Cc1c(Cl)c(CC)nn1CC)NC. The van der Waals surface area contributed by atoms with Gasteiger partial charge in [-0.1, -0.05) is 31.9 Å². The fraction of sp³-hybridized carbons (Fsp3) is 0.812. The first-order chi connectivity index (χ1) is 10.1. The summed E-state index contributed by atoms with van der Waals surface area (Å²) < 4.78 is 7.95. The number of hydrogen-bond donors (Lipinski definition) is 1. The van der Waals surface area contributed by atoms with Gasteiger partial charge in [0.15, 0.2) is 0 Å². The molecular formula is C16H30ClN3O. The summed E-state index contributed by atoms with van der Waals surface area (Å²) in [6, 6.07) is 0.258. The van der Waals surface area contributed by atoms with Crippen LogP contribution in [-0.2, 0) is 24.1 Å². The van der Waals surface area contributed by atoms with E-state index in [1.54, 1.807) is 0 Å². The molecule has 0 amide bonds. The Labute approximate surface area is 134 Å². The highest BCUT2D eigenvalue weighted by Gasteiger charge is 2.24. The van der Waals surface area contributed by atoms with Crippen LogP contribution in [0.5, 0.6) is 0 Å². The molecule has 2 atom stereocenters. The van der Waals surface area contributed by atoms with Gasteiger partial charge in [0.1, 0.15) is 0 Å². The average molecular weight is 316 g/mol. The molecule has 0 spiro atoms. The van der Waals surface area contributed by atoms with E-state index in [1.165, 1.54) is 0 Å². The lowest BCUT2D eigenvalue weighted by atomic mass is 10.0. The van der Waals surface area contributed by atoms with Crippen molar-refractivity contribution in [2.24, 2.45) is 0 Å². The van der Waals surface area contributed by atoms with Crippen LogP contribution in [0, 0.1) is 0 Å². The number of nitrogens with one attached hydrogen (secondary N) is 1. The zero-order chi connectivity index (χ0) is 15.8. The van der Waals surface area contributed by atoms with Crippen LogP contribution in [0.1, 0.15) is 51.9 Å². The Morgan fingerprint density at radius 2 is 2.00 bits per heavy atom. The number of rotatable bonds is 10. The summed E-state index contributed by atoms with van der Waals surface area (Å²) in [7, 11) is 1.99. The molecule has 122 valence electrons. The first kappa shape index (κ1) is 18.5. The van der Waals surface area contributed by atoms with E-state index in [0.29, 0.717) is 0 Å². The summed E-state index contributed by atoms with van der Waals surface area (Å²) in [6.45, 7) is 10.0. The van der Waals surface area contributed by atoms with Gasteiger partial charge in [0, 0.05) is 25.6 Å². The monoisotopic (exact) mass is 315 g/mol. The smallest absolute Gasteiger partial charge is 0.0850 e. The molecule has 2 unspecified atom stereocenters. The van der Waals surface area contributed by atoms with E-state index in [-0.39, 0.29) is 12.1 Å². The highest BCUT2D eigenvalue weighted by Crippen LogP contribution is 2.24. The number of halogens is 1. The first-order valence-corrected chi connectivity index (χ1v) is 8.53. The predicted octanol–water partition coefficient (Wildman–Crippen LogP) is 3.45. The van der Waals surface area contributed by atoms with Crippen molar-refractivity contribution in [3.05, 3.63) is 16.4 Å². The summed E-state index contributed by atoms with van der Waals surface area (Å²) >= 11 is 6.52. The Morgan fingerprint density at radius 3 is 2.48 bits per heavy atom. The van der Waals surface area contributed by atoms with Crippen molar-refractivity contribution in [3.8, 4) is 0 Å². The van der Waals surface area contributed by atoms with Crippen LogP contribution >= 0.6 is 11.6 Å². The number of aromatic nitrogens is 2. The lowest BCUT2D eigenvalue weighted by Crippen LogP contribution is -2.41. The largest absolute Gasteiger partial charge is 0.377 e. The third-order valence-electron chi connectivity index (χ3n) is 3.88. The van der Waals surface area contributed by atoms with Crippen molar-refractivity contribution in [1.29, 1.82) is 0 Å². The summed E-state index contributed by atoms with van der Waals surface area (Å²) in [5.74, 6) is 0. The minimum Gasteiger partial charge on any atom is -0.377 e. The van der Waals surface area contributed by atoms with Crippen LogP contribution in [0.4, 0.5) is 0 Å². The molecule has 0 bridgehead atoms. The first-order valence-electron chi connectivity index (χ1n) is 8.15. The van der Waals surface area contributed by atoms with Gasteiger partial charge in [0.2, 0.25) is 0 Å². The summed E-state index contributed by atoms with van der Waals surface area (Å²) in [6.07, 6.45) is 4.10. The molecule has 0 aliphatic carbocycles. The Kier molecular flexibility index (Phi) is 8.30. The summed E-state index contributed by atoms with van der Waals surface area (Å²) in [5.41, 5.74) is 2.11. The van der Waals surface area contributed by atoms with E-state index < -0.39 is 0 Å². The molecule has 1 aromatic heterocycles. The summed E-state index contributed by atoms with van der Waals surface area (Å²) in [4.78, 5) is 0. The maximum absolute atomic E-state index is 6.52. The molecule has 1 N–H and O–H groups in total. The third kappa shape index (κ3) is 4.70. The molecule has 1 aromatic rings. The minimum absolute atomic E-state index is 0.214. The van der Waals surface area contributed by atoms with Crippen molar-refractivity contribution in [2.45, 2.75) is 72.1 Å². The van der Waals surface area contributed by atoms with Gasteiger partial charge < -0.3 is 10.1 Å². The van der Waals surface area contributed by atoms with Gasteiger partial charge in [0.25, 0.3) is 0 Å².